The molecular formula is C11H15N3O2S. The van der Waals surface area contributed by atoms with Gasteiger partial charge in [-0.25, -0.2) is 0 Å². The van der Waals surface area contributed by atoms with Crippen molar-refractivity contribution in [2.45, 2.75) is 19.5 Å². The number of carbonyl (C=O) groups is 2. The highest BCUT2D eigenvalue weighted by Crippen LogP contribution is 1.96. The van der Waals surface area contributed by atoms with Gasteiger partial charge < -0.3 is 10.6 Å². The summed E-state index contributed by atoms with van der Waals surface area (Å²) >= 11 is 4.02. The van der Waals surface area contributed by atoms with Crippen LogP contribution in [0.2, 0.25) is 0 Å². The number of amides is 2. The van der Waals surface area contributed by atoms with Gasteiger partial charge >= 0.3 is 0 Å². The molecule has 0 aliphatic carbocycles. The van der Waals surface area contributed by atoms with Gasteiger partial charge in [-0.2, -0.15) is 12.6 Å². The molecule has 2 N–H and O–H groups in total. The summed E-state index contributed by atoms with van der Waals surface area (Å²) in [4.78, 5) is 26.5. The zero-order valence-corrected chi connectivity index (χ0v) is 10.4. The molecule has 0 saturated carbocycles. The quantitative estimate of drug-likeness (QED) is 0.653. The van der Waals surface area contributed by atoms with Gasteiger partial charge in [0.05, 0.1) is 0 Å². The predicted octanol–water partition coefficient (Wildman–Crippen LogP) is 0.132. The average molecular weight is 253 g/mol. The lowest BCUT2D eigenvalue weighted by Gasteiger charge is -2.15. The van der Waals surface area contributed by atoms with E-state index >= 15 is 0 Å². The molecule has 1 aromatic heterocycles. The lowest BCUT2D eigenvalue weighted by molar-refractivity contribution is -0.127. The first-order valence-electron chi connectivity index (χ1n) is 5.18. The number of nitrogens with zero attached hydrogens (tertiary/aromatic N) is 1. The zero-order chi connectivity index (χ0) is 12.7. The molecule has 1 heterocycles. The molecule has 0 radical (unpaired) electrons. The standard InChI is InChI=1S/C11H15N3O2S/c1-8(15)14-10(7-17)11(16)13-6-9-3-2-4-12-5-9/h2-5,10,17H,6-7H2,1H3,(H,13,16)(H,14,15). The maximum absolute atomic E-state index is 11.7. The lowest BCUT2D eigenvalue weighted by Crippen LogP contribution is -2.47. The van der Waals surface area contributed by atoms with Crippen LogP contribution < -0.4 is 10.6 Å². The van der Waals surface area contributed by atoms with Crippen molar-refractivity contribution in [3.63, 3.8) is 0 Å². The van der Waals surface area contributed by atoms with Crippen LogP contribution in [0.4, 0.5) is 0 Å². The van der Waals surface area contributed by atoms with E-state index in [1.807, 2.05) is 6.07 Å². The predicted molar refractivity (Wildman–Crippen MR) is 67.5 cm³/mol. The van der Waals surface area contributed by atoms with Crippen molar-refractivity contribution in [1.82, 2.24) is 15.6 Å². The van der Waals surface area contributed by atoms with E-state index in [1.54, 1.807) is 18.5 Å². The number of pyridine rings is 1. The van der Waals surface area contributed by atoms with E-state index in [-0.39, 0.29) is 17.6 Å². The van der Waals surface area contributed by atoms with E-state index in [4.69, 9.17) is 0 Å². The van der Waals surface area contributed by atoms with Gasteiger partial charge in [0.25, 0.3) is 0 Å². The summed E-state index contributed by atoms with van der Waals surface area (Å²) in [6.07, 6.45) is 3.34. The van der Waals surface area contributed by atoms with Crippen LogP contribution in [0, 0.1) is 0 Å². The number of nitrogens with one attached hydrogen (secondary N) is 2. The number of thiol groups is 1. The third-order valence-corrected chi connectivity index (χ3v) is 2.43. The molecule has 1 unspecified atom stereocenters. The molecule has 0 fully saturated rings. The summed E-state index contributed by atoms with van der Waals surface area (Å²) in [6, 6.07) is 3.06. The Morgan fingerprint density at radius 2 is 2.29 bits per heavy atom. The van der Waals surface area contributed by atoms with Gasteiger partial charge in [0, 0.05) is 31.6 Å². The smallest absolute Gasteiger partial charge is 0.243 e. The number of carbonyl (C=O) groups excluding carboxylic acids is 2. The van der Waals surface area contributed by atoms with E-state index in [0.29, 0.717) is 6.54 Å². The molecule has 0 bridgehead atoms. The molecule has 1 aromatic rings. The van der Waals surface area contributed by atoms with E-state index in [9.17, 15) is 9.59 Å². The van der Waals surface area contributed by atoms with Crippen LogP contribution >= 0.6 is 12.6 Å². The number of aromatic nitrogens is 1. The third-order valence-electron chi connectivity index (χ3n) is 2.07. The van der Waals surface area contributed by atoms with Crippen molar-refractivity contribution in [3.05, 3.63) is 30.1 Å². The Morgan fingerprint density at radius 1 is 1.53 bits per heavy atom. The second-order valence-electron chi connectivity index (χ2n) is 3.51. The first-order valence-corrected chi connectivity index (χ1v) is 5.81. The maximum Gasteiger partial charge on any atom is 0.243 e. The van der Waals surface area contributed by atoms with Crippen LogP contribution in [0.5, 0.6) is 0 Å². The van der Waals surface area contributed by atoms with Crippen LogP contribution in [0.15, 0.2) is 24.5 Å². The molecular weight excluding hydrogens is 238 g/mol. The van der Waals surface area contributed by atoms with Gasteiger partial charge in [-0.15, -0.1) is 0 Å². The molecule has 0 saturated heterocycles. The van der Waals surface area contributed by atoms with Crippen molar-refractivity contribution < 1.29 is 9.59 Å². The Kier molecular flexibility index (Phi) is 5.48. The third kappa shape index (κ3) is 4.86. The molecule has 17 heavy (non-hydrogen) atoms. The highest BCUT2D eigenvalue weighted by Gasteiger charge is 2.16. The summed E-state index contributed by atoms with van der Waals surface area (Å²) < 4.78 is 0. The molecule has 5 nitrogen and oxygen atoms in total. The number of hydrogen-bond acceptors (Lipinski definition) is 4. The second-order valence-corrected chi connectivity index (χ2v) is 3.88. The first kappa shape index (κ1) is 13.5. The first-order chi connectivity index (χ1) is 8.13. The Bertz CT molecular complexity index is 384. The molecule has 1 atom stereocenters. The van der Waals surface area contributed by atoms with Gasteiger partial charge in [-0.3, -0.25) is 14.6 Å². The summed E-state index contributed by atoms with van der Waals surface area (Å²) in [7, 11) is 0. The fourth-order valence-electron chi connectivity index (χ4n) is 1.25. The Morgan fingerprint density at radius 3 is 2.82 bits per heavy atom. The van der Waals surface area contributed by atoms with Crippen molar-refractivity contribution in [3.8, 4) is 0 Å². The van der Waals surface area contributed by atoms with Gasteiger partial charge in [-0.05, 0) is 11.6 Å². The molecule has 0 spiro atoms. The van der Waals surface area contributed by atoms with Crippen molar-refractivity contribution in [2.24, 2.45) is 0 Å². The minimum Gasteiger partial charge on any atom is -0.350 e. The lowest BCUT2D eigenvalue weighted by atomic mass is 10.2. The van der Waals surface area contributed by atoms with Crippen LogP contribution in [-0.2, 0) is 16.1 Å². The summed E-state index contributed by atoms with van der Waals surface area (Å²) in [5.74, 6) is -0.238. The molecule has 0 aliphatic heterocycles. The van der Waals surface area contributed by atoms with Crippen LogP contribution in [0.1, 0.15) is 12.5 Å². The molecule has 92 valence electrons. The van der Waals surface area contributed by atoms with Crippen LogP contribution in [0.25, 0.3) is 0 Å². The molecule has 6 heteroatoms. The average Bonchev–Trinajstić information content (AvgIpc) is 2.34. The fourth-order valence-corrected chi connectivity index (χ4v) is 1.51. The van der Waals surface area contributed by atoms with Gasteiger partial charge in [-0.1, -0.05) is 6.07 Å². The fraction of sp³-hybridized carbons (Fsp3) is 0.364. The molecule has 0 aliphatic rings. The number of rotatable bonds is 5. The van der Waals surface area contributed by atoms with E-state index in [2.05, 4.69) is 28.2 Å². The minimum absolute atomic E-state index is 0.249. The van der Waals surface area contributed by atoms with Crippen molar-refractivity contribution in [1.29, 1.82) is 0 Å². The zero-order valence-electron chi connectivity index (χ0n) is 9.51. The van der Waals surface area contributed by atoms with Gasteiger partial charge in [0.2, 0.25) is 11.8 Å². The normalized spacial score (nSPS) is 11.6. The largest absolute Gasteiger partial charge is 0.350 e. The highest BCUT2D eigenvalue weighted by atomic mass is 32.1. The Hall–Kier alpha value is -1.56. The summed E-state index contributed by atoms with van der Waals surface area (Å²) in [5, 5.41) is 5.24. The van der Waals surface area contributed by atoms with Crippen LogP contribution in [0.3, 0.4) is 0 Å². The Labute approximate surface area is 105 Å². The maximum atomic E-state index is 11.7. The molecule has 0 aromatic carbocycles. The second kappa shape index (κ2) is 6.90. The van der Waals surface area contributed by atoms with Crippen LogP contribution in [-0.4, -0.2) is 28.6 Å². The minimum atomic E-state index is -0.604. The number of hydrogen-bond donors (Lipinski definition) is 3. The SMILES string of the molecule is CC(=O)NC(CS)C(=O)NCc1cccnc1. The highest BCUT2D eigenvalue weighted by molar-refractivity contribution is 7.80. The van der Waals surface area contributed by atoms with E-state index < -0.39 is 6.04 Å². The topological polar surface area (TPSA) is 71.1 Å². The summed E-state index contributed by atoms with van der Waals surface area (Å²) in [5.41, 5.74) is 0.904. The van der Waals surface area contributed by atoms with Gasteiger partial charge in [0.1, 0.15) is 6.04 Å². The van der Waals surface area contributed by atoms with Crippen molar-refractivity contribution in [2.75, 3.05) is 5.75 Å². The van der Waals surface area contributed by atoms with Crippen molar-refractivity contribution >= 4 is 24.4 Å². The summed E-state index contributed by atoms with van der Waals surface area (Å²) in [6.45, 7) is 1.75. The Balaban J connectivity index is 2.45. The van der Waals surface area contributed by atoms with Gasteiger partial charge in [0.15, 0.2) is 0 Å². The van der Waals surface area contributed by atoms with E-state index in [0.717, 1.165) is 5.56 Å². The van der Waals surface area contributed by atoms with E-state index in [1.165, 1.54) is 6.92 Å². The molecule has 1 rings (SSSR count). The monoisotopic (exact) mass is 253 g/mol. The molecule has 2 amide bonds.